The summed E-state index contributed by atoms with van der Waals surface area (Å²) in [5.74, 6) is 0.619. The van der Waals surface area contributed by atoms with Crippen molar-refractivity contribution in [2.45, 2.75) is 25.0 Å². The Morgan fingerprint density at radius 1 is 1.26 bits per heavy atom. The summed E-state index contributed by atoms with van der Waals surface area (Å²) in [6, 6.07) is 0. The molecule has 0 aromatic rings. The lowest BCUT2D eigenvalue weighted by molar-refractivity contribution is 0.0408. The maximum atomic E-state index is 12.4. The molecule has 0 radical (unpaired) electrons. The summed E-state index contributed by atoms with van der Waals surface area (Å²) in [5.41, 5.74) is 0. The van der Waals surface area contributed by atoms with Crippen molar-refractivity contribution in [1.29, 1.82) is 0 Å². The van der Waals surface area contributed by atoms with E-state index in [1.165, 1.54) is 0 Å². The van der Waals surface area contributed by atoms with Gasteiger partial charge >= 0.3 is 0 Å². The van der Waals surface area contributed by atoms with Crippen molar-refractivity contribution in [3.63, 3.8) is 0 Å². The quantitative estimate of drug-likeness (QED) is 0.779. The monoisotopic (exact) mass is 290 g/mol. The van der Waals surface area contributed by atoms with E-state index >= 15 is 0 Å². The number of ether oxygens (including phenoxy) is 1. The maximum absolute atomic E-state index is 12.4. The van der Waals surface area contributed by atoms with E-state index in [4.69, 9.17) is 4.74 Å². The minimum Gasteiger partial charge on any atom is -0.379 e. The molecule has 6 heteroatoms. The smallest absolute Gasteiger partial charge is 0.154 e. The second kappa shape index (κ2) is 7.02. The highest BCUT2D eigenvalue weighted by Gasteiger charge is 2.30. The Kier molecular flexibility index (Phi) is 5.62. The predicted octanol–water partition coefficient (Wildman–Crippen LogP) is 0.122. The minimum atomic E-state index is -2.97. The molecule has 2 aliphatic rings. The number of piperidine rings is 1. The molecule has 1 atom stereocenters. The summed E-state index contributed by atoms with van der Waals surface area (Å²) in [7, 11) is -2.97. The van der Waals surface area contributed by atoms with Gasteiger partial charge in [0.25, 0.3) is 0 Å². The van der Waals surface area contributed by atoms with Gasteiger partial charge in [-0.2, -0.15) is 0 Å². The van der Waals surface area contributed by atoms with Gasteiger partial charge in [-0.3, -0.25) is 4.90 Å². The number of rotatable bonds is 5. The van der Waals surface area contributed by atoms with Crippen molar-refractivity contribution < 1.29 is 13.2 Å². The van der Waals surface area contributed by atoms with E-state index in [0.717, 1.165) is 52.2 Å². The number of nitrogens with one attached hydrogen (secondary N) is 1. The Balaban J connectivity index is 1.82. The zero-order valence-corrected chi connectivity index (χ0v) is 12.6. The molecule has 0 bridgehead atoms. The van der Waals surface area contributed by atoms with Crippen molar-refractivity contribution in [3.8, 4) is 0 Å². The molecule has 0 aromatic heterocycles. The van der Waals surface area contributed by atoms with E-state index in [1.807, 2.05) is 6.92 Å². The first-order valence-corrected chi connectivity index (χ1v) is 9.03. The summed E-state index contributed by atoms with van der Waals surface area (Å²) >= 11 is 0. The third kappa shape index (κ3) is 4.41. The van der Waals surface area contributed by atoms with E-state index in [-0.39, 0.29) is 11.0 Å². The Morgan fingerprint density at radius 3 is 2.53 bits per heavy atom. The molecule has 2 saturated heterocycles. The lowest BCUT2D eigenvalue weighted by atomic mass is 9.95. The van der Waals surface area contributed by atoms with E-state index in [1.54, 1.807) is 0 Å². The Hall–Kier alpha value is -0.170. The van der Waals surface area contributed by atoms with Gasteiger partial charge in [0.2, 0.25) is 0 Å². The summed E-state index contributed by atoms with van der Waals surface area (Å²) < 4.78 is 30.1. The fourth-order valence-corrected chi connectivity index (χ4v) is 4.62. The van der Waals surface area contributed by atoms with Gasteiger partial charge in [-0.15, -0.1) is 0 Å². The summed E-state index contributed by atoms with van der Waals surface area (Å²) in [6.45, 7) is 7.62. The van der Waals surface area contributed by atoms with Crippen molar-refractivity contribution in [2.24, 2.45) is 5.92 Å². The van der Waals surface area contributed by atoms with Crippen LogP contribution in [-0.4, -0.2) is 70.3 Å². The zero-order chi connectivity index (χ0) is 13.7. The molecule has 112 valence electrons. The van der Waals surface area contributed by atoms with Crippen LogP contribution in [0.5, 0.6) is 0 Å². The molecular weight excluding hydrogens is 264 g/mol. The first-order chi connectivity index (χ1) is 9.09. The highest BCUT2D eigenvalue weighted by atomic mass is 32.2. The molecule has 0 aliphatic carbocycles. The van der Waals surface area contributed by atoms with Crippen LogP contribution in [0, 0.1) is 5.92 Å². The van der Waals surface area contributed by atoms with Crippen LogP contribution in [0.3, 0.4) is 0 Å². The average molecular weight is 290 g/mol. The van der Waals surface area contributed by atoms with Crippen LogP contribution in [0.25, 0.3) is 0 Å². The first kappa shape index (κ1) is 15.2. The van der Waals surface area contributed by atoms with Gasteiger partial charge in [0.1, 0.15) is 0 Å². The molecule has 2 fully saturated rings. The minimum absolute atomic E-state index is 0.198. The molecule has 2 aliphatic heterocycles. The second-order valence-corrected chi connectivity index (χ2v) is 8.09. The summed E-state index contributed by atoms with van der Waals surface area (Å²) in [6.07, 6.45) is 1.97. The SMILES string of the molecule is CC(C1CCNCC1)S(=O)(=O)CCN1CCOCC1. The van der Waals surface area contributed by atoms with Crippen LogP contribution in [0.2, 0.25) is 0 Å². The highest BCUT2D eigenvalue weighted by molar-refractivity contribution is 7.92. The van der Waals surface area contributed by atoms with Crippen LogP contribution in [0.4, 0.5) is 0 Å². The molecule has 1 N–H and O–H groups in total. The van der Waals surface area contributed by atoms with Crippen LogP contribution < -0.4 is 5.32 Å². The Labute approximate surface area is 116 Å². The molecule has 0 amide bonds. The lowest BCUT2D eigenvalue weighted by Crippen LogP contribution is -2.42. The van der Waals surface area contributed by atoms with E-state index in [2.05, 4.69) is 10.2 Å². The van der Waals surface area contributed by atoms with Crippen molar-refractivity contribution in [1.82, 2.24) is 10.2 Å². The van der Waals surface area contributed by atoms with Crippen molar-refractivity contribution in [3.05, 3.63) is 0 Å². The molecule has 2 rings (SSSR count). The zero-order valence-electron chi connectivity index (χ0n) is 11.8. The average Bonchev–Trinajstić information content (AvgIpc) is 2.46. The van der Waals surface area contributed by atoms with Gasteiger partial charge in [-0.1, -0.05) is 0 Å². The molecule has 0 saturated carbocycles. The largest absolute Gasteiger partial charge is 0.379 e. The Bertz CT molecular complexity index is 360. The van der Waals surface area contributed by atoms with E-state index < -0.39 is 9.84 Å². The number of morpholine rings is 1. The van der Waals surface area contributed by atoms with Gasteiger partial charge in [0.05, 0.1) is 24.2 Å². The second-order valence-electron chi connectivity index (χ2n) is 5.61. The third-order valence-electron chi connectivity index (χ3n) is 4.41. The normalized spacial score (nSPS) is 25.3. The summed E-state index contributed by atoms with van der Waals surface area (Å²) in [4.78, 5) is 2.19. The first-order valence-electron chi connectivity index (χ1n) is 7.32. The van der Waals surface area contributed by atoms with Gasteiger partial charge in [0, 0.05) is 19.6 Å². The van der Waals surface area contributed by atoms with Crippen molar-refractivity contribution >= 4 is 9.84 Å². The van der Waals surface area contributed by atoms with Crippen LogP contribution >= 0.6 is 0 Å². The maximum Gasteiger partial charge on any atom is 0.154 e. The molecule has 19 heavy (non-hydrogen) atoms. The fourth-order valence-electron chi connectivity index (χ4n) is 2.87. The van der Waals surface area contributed by atoms with Gasteiger partial charge in [0.15, 0.2) is 9.84 Å². The van der Waals surface area contributed by atoms with Crippen molar-refractivity contribution in [2.75, 3.05) is 51.7 Å². The van der Waals surface area contributed by atoms with Gasteiger partial charge in [-0.05, 0) is 38.8 Å². The molecule has 5 nitrogen and oxygen atoms in total. The topological polar surface area (TPSA) is 58.6 Å². The van der Waals surface area contributed by atoms with Gasteiger partial charge in [-0.25, -0.2) is 8.42 Å². The van der Waals surface area contributed by atoms with E-state index in [0.29, 0.717) is 12.5 Å². The predicted molar refractivity (Wildman–Crippen MR) is 76.1 cm³/mol. The van der Waals surface area contributed by atoms with Gasteiger partial charge < -0.3 is 10.1 Å². The van der Waals surface area contributed by atoms with Crippen LogP contribution in [0.15, 0.2) is 0 Å². The lowest BCUT2D eigenvalue weighted by Gasteiger charge is -2.30. The van der Waals surface area contributed by atoms with Crippen LogP contribution in [-0.2, 0) is 14.6 Å². The standard InChI is InChI=1S/C13H26N2O3S/c1-12(13-2-4-14-5-3-13)19(16,17)11-8-15-6-9-18-10-7-15/h12-14H,2-11H2,1H3. The molecule has 0 aromatic carbocycles. The Morgan fingerprint density at radius 2 is 1.89 bits per heavy atom. The third-order valence-corrected chi connectivity index (χ3v) is 6.68. The fraction of sp³-hybridized carbons (Fsp3) is 1.00. The molecular formula is C13H26N2O3S. The van der Waals surface area contributed by atoms with E-state index in [9.17, 15) is 8.42 Å². The molecule has 0 spiro atoms. The van der Waals surface area contributed by atoms with Crippen LogP contribution in [0.1, 0.15) is 19.8 Å². The number of sulfone groups is 1. The molecule has 2 heterocycles. The highest BCUT2D eigenvalue weighted by Crippen LogP contribution is 2.22. The number of hydrogen-bond donors (Lipinski definition) is 1. The number of nitrogens with zero attached hydrogens (tertiary/aromatic N) is 1. The number of hydrogen-bond acceptors (Lipinski definition) is 5. The molecule has 1 unspecified atom stereocenters. The summed E-state index contributed by atoms with van der Waals surface area (Å²) in [5, 5.41) is 3.09.